The third-order valence-electron chi connectivity index (χ3n) is 4.84. The van der Waals surface area contributed by atoms with Crippen molar-refractivity contribution in [2.24, 2.45) is 0 Å². The number of pyridine rings is 1. The Morgan fingerprint density at radius 3 is 2.80 bits per heavy atom. The molecule has 3 rings (SSSR count). The maximum atomic E-state index is 12.4. The minimum absolute atomic E-state index is 0.0349. The quantitative estimate of drug-likeness (QED) is 0.838. The van der Waals surface area contributed by atoms with E-state index in [1.54, 1.807) is 0 Å². The zero-order valence-corrected chi connectivity index (χ0v) is 14.4. The second-order valence-electron chi connectivity index (χ2n) is 6.61. The lowest BCUT2D eigenvalue weighted by Crippen LogP contribution is -2.36. The Morgan fingerprint density at radius 2 is 2.04 bits per heavy atom. The van der Waals surface area contributed by atoms with Gasteiger partial charge in [-0.1, -0.05) is 0 Å². The highest BCUT2D eigenvalue weighted by Gasteiger charge is 2.30. The molecule has 0 bridgehead atoms. The minimum atomic E-state index is -0.930. The van der Waals surface area contributed by atoms with Gasteiger partial charge in [-0.25, -0.2) is 0 Å². The fourth-order valence-electron chi connectivity index (χ4n) is 3.55. The zero-order chi connectivity index (χ0) is 17.6. The molecule has 25 heavy (non-hydrogen) atoms. The molecular weight excluding hydrogens is 322 g/mol. The van der Waals surface area contributed by atoms with Gasteiger partial charge in [0.15, 0.2) is 0 Å². The first-order valence-corrected chi connectivity index (χ1v) is 8.89. The predicted molar refractivity (Wildman–Crippen MR) is 90.9 cm³/mol. The molecule has 136 valence electrons. The van der Waals surface area contributed by atoms with Crippen molar-refractivity contribution in [2.75, 3.05) is 32.8 Å². The highest BCUT2D eigenvalue weighted by atomic mass is 16.5. The summed E-state index contributed by atoms with van der Waals surface area (Å²) in [5.74, 6) is -1.00. The first-order chi connectivity index (χ1) is 12.1. The number of morpholine rings is 1. The Balaban J connectivity index is 1.66. The SMILES string of the molecule is O=C(O)CCC(=O)N1CCC[C@@H]1c1ccnc(CN2CCOCC2)c1. The summed E-state index contributed by atoms with van der Waals surface area (Å²) >= 11 is 0. The standard InChI is InChI=1S/C18H25N3O4/c22-17(3-4-18(23)24)21-7-1-2-16(21)14-5-6-19-15(12-14)13-20-8-10-25-11-9-20/h5-6,12,16H,1-4,7-11,13H2,(H,23,24)/t16-/m1/s1. The van der Waals surface area contributed by atoms with Gasteiger partial charge in [0.25, 0.3) is 0 Å². The largest absolute Gasteiger partial charge is 0.481 e. The Hall–Kier alpha value is -1.99. The summed E-state index contributed by atoms with van der Waals surface area (Å²) in [5, 5.41) is 8.79. The van der Waals surface area contributed by atoms with Gasteiger partial charge in [0.2, 0.25) is 5.91 Å². The maximum Gasteiger partial charge on any atom is 0.303 e. The van der Waals surface area contributed by atoms with E-state index in [2.05, 4.69) is 16.0 Å². The topological polar surface area (TPSA) is 83.0 Å². The number of aromatic nitrogens is 1. The Kier molecular flexibility index (Phi) is 5.99. The smallest absolute Gasteiger partial charge is 0.303 e. The highest BCUT2D eigenvalue weighted by Crippen LogP contribution is 2.32. The van der Waals surface area contributed by atoms with Gasteiger partial charge >= 0.3 is 5.97 Å². The summed E-state index contributed by atoms with van der Waals surface area (Å²) in [4.78, 5) is 31.7. The number of aliphatic carboxylic acids is 1. The summed E-state index contributed by atoms with van der Waals surface area (Å²) < 4.78 is 5.37. The van der Waals surface area contributed by atoms with Crippen molar-refractivity contribution in [1.82, 2.24) is 14.8 Å². The van der Waals surface area contributed by atoms with E-state index in [0.717, 1.165) is 56.9 Å². The van der Waals surface area contributed by atoms with Gasteiger partial charge in [0.1, 0.15) is 0 Å². The number of carboxylic acids is 1. The second-order valence-corrected chi connectivity index (χ2v) is 6.61. The van der Waals surface area contributed by atoms with Crippen molar-refractivity contribution in [2.45, 2.75) is 38.3 Å². The first kappa shape index (κ1) is 17.8. The number of likely N-dealkylation sites (tertiary alicyclic amines) is 1. The summed E-state index contributed by atoms with van der Waals surface area (Å²) in [7, 11) is 0. The van der Waals surface area contributed by atoms with E-state index in [9.17, 15) is 9.59 Å². The van der Waals surface area contributed by atoms with Gasteiger partial charge in [0, 0.05) is 38.8 Å². The molecular formula is C18H25N3O4. The molecule has 1 aromatic rings. The van der Waals surface area contributed by atoms with Crippen molar-refractivity contribution < 1.29 is 19.4 Å². The lowest BCUT2D eigenvalue weighted by Gasteiger charge is -2.27. The summed E-state index contributed by atoms with van der Waals surface area (Å²) in [6.07, 6.45) is 3.63. The van der Waals surface area contributed by atoms with E-state index in [0.29, 0.717) is 6.54 Å². The van der Waals surface area contributed by atoms with E-state index >= 15 is 0 Å². The van der Waals surface area contributed by atoms with Crippen molar-refractivity contribution in [3.63, 3.8) is 0 Å². The van der Waals surface area contributed by atoms with Crippen LogP contribution >= 0.6 is 0 Å². The van der Waals surface area contributed by atoms with Crippen LogP contribution in [-0.2, 0) is 20.9 Å². The van der Waals surface area contributed by atoms with Crippen LogP contribution in [0.4, 0.5) is 0 Å². The van der Waals surface area contributed by atoms with Gasteiger partial charge in [-0.05, 0) is 30.5 Å². The average molecular weight is 347 g/mol. The summed E-state index contributed by atoms with van der Waals surface area (Å²) in [6.45, 7) is 4.83. The van der Waals surface area contributed by atoms with Crippen LogP contribution in [0.1, 0.15) is 43.0 Å². The summed E-state index contributed by atoms with van der Waals surface area (Å²) in [6, 6.07) is 4.09. The molecule has 2 aliphatic rings. The molecule has 3 heterocycles. The normalized spacial score (nSPS) is 21.4. The lowest BCUT2D eigenvalue weighted by atomic mass is 10.0. The van der Waals surface area contributed by atoms with E-state index in [1.807, 2.05) is 17.2 Å². The highest BCUT2D eigenvalue weighted by molar-refractivity contribution is 5.81. The monoisotopic (exact) mass is 347 g/mol. The van der Waals surface area contributed by atoms with Gasteiger partial charge in [-0.15, -0.1) is 0 Å². The number of carbonyl (C=O) groups is 2. The minimum Gasteiger partial charge on any atom is -0.481 e. The van der Waals surface area contributed by atoms with Crippen LogP contribution in [-0.4, -0.2) is 64.6 Å². The van der Waals surface area contributed by atoms with Crippen LogP contribution in [0.5, 0.6) is 0 Å². The second kappa shape index (κ2) is 8.40. The van der Waals surface area contributed by atoms with Crippen molar-refractivity contribution in [3.05, 3.63) is 29.6 Å². The molecule has 2 fully saturated rings. The molecule has 1 aromatic heterocycles. The molecule has 0 unspecified atom stereocenters. The van der Waals surface area contributed by atoms with Crippen molar-refractivity contribution in [1.29, 1.82) is 0 Å². The molecule has 0 saturated carbocycles. The first-order valence-electron chi connectivity index (χ1n) is 8.89. The number of rotatable bonds is 6. The van der Waals surface area contributed by atoms with Crippen LogP contribution in [0, 0.1) is 0 Å². The maximum absolute atomic E-state index is 12.4. The Labute approximate surface area is 147 Å². The predicted octanol–water partition coefficient (Wildman–Crippen LogP) is 1.44. The van der Waals surface area contributed by atoms with Crippen LogP contribution in [0.25, 0.3) is 0 Å². The van der Waals surface area contributed by atoms with Gasteiger partial charge in [0.05, 0.1) is 31.4 Å². The molecule has 2 saturated heterocycles. The van der Waals surface area contributed by atoms with Crippen LogP contribution in [0.2, 0.25) is 0 Å². The van der Waals surface area contributed by atoms with Crippen molar-refractivity contribution >= 4 is 11.9 Å². The summed E-state index contributed by atoms with van der Waals surface area (Å²) in [5.41, 5.74) is 2.10. The number of carbonyl (C=O) groups excluding carboxylic acids is 1. The molecule has 1 amide bonds. The third kappa shape index (κ3) is 4.76. The molecule has 7 heteroatoms. The molecule has 0 aromatic carbocycles. The molecule has 0 aliphatic carbocycles. The number of amides is 1. The number of hydrogen-bond donors (Lipinski definition) is 1. The molecule has 7 nitrogen and oxygen atoms in total. The van der Waals surface area contributed by atoms with Gasteiger partial charge in [-0.3, -0.25) is 19.5 Å². The zero-order valence-electron chi connectivity index (χ0n) is 14.4. The number of carboxylic acid groups (broad SMARTS) is 1. The molecule has 0 radical (unpaired) electrons. The molecule has 1 N–H and O–H groups in total. The molecule has 0 spiro atoms. The average Bonchev–Trinajstić information content (AvgIpc) is 3.10. The lowest BCUT2D eigenvalue weighted by molar-refractivity contribution is -0.141. The Morgan fingerprint density at radius 1 is 1.24 bits per heavy atom. The fourth-order valence-corrected chi connectivity index (χ4v) is 3.55. The fraction of sp³-hybridized carbons (Fsp3) is 0.611. The van der Waals surface area contributed by atoms with E-state index in [-0.39, 0.29) is 24.8 Å². The van der Waals surface area contributed by atoms with Gasteiger partial charge < -0.3 is 14.7 Å². The number of hydrogen-bond acceptors (Lipinski definition) is 5. The van der Waals surface area contributed by atoms with E-state index in [1.165, 1.54) is 0 Å². The number of nitrogens with zero attached hydrogens (tertiary/aromatic N) is 3. The van der Waals surface area contributed by atoms with Gasteiger partial charge in [-0.2, -0.15) is 0 Å². The van der Waals surface area contributed by atoms with E-state index in [4.69, 9.17) is 9.84 Å². The van der Waals surface area contributed by atoms with Crippen LogP contribution in [0.3, 0.4) is 0 Å². The number of ether oxygens (including phenoxy) is 1. The molecule has 2 aliphatic heterocycles. The third-order valence-corrected chi connectivity index (χ3v) is 4.84. The van der Waals surface area contributed by atoms with E-state index < -0.39 is 5.97 Å². The molecule has 1 atom stereocenters. The van der Waals surface area contributed by atoms with Crippen LogP contribution in [0.15, 0.2) is 18.3 Å². The van der Waals surface area contributed by atoms with Crippen LogP contribution < -0.4 is 0 Å². The van der Waals surface area contributed by atoms with Crippen molar-refractivity contribution in [3.8, 4) is 0 Å². The Bertz CT molecular complexity index is 616.